The van der Waals surface area contributed by atoms with E-state index in [0.29, 0.717) is 6.61 Å². The first-order valence-electron chi connectivity index (χ1n) is 12.0. The molecule has 40 heavy (non-hydrogen) atoms. The molecular formula is C29H21F3N4O3S. The molecule has 0 atom stereocenters. The average Bonchev–Trinajstić information content (AvgIpc) is 3.72. The molecule has 0 bridgehead atoms. The van der Waals surface area contributed by atoms with Gasteiger partial charge in [-0.1, -0.05) is 48.2 Å². The molecule has 0 amide bonds. The number of para-hydroxylation sites is 1. The number of halogens is 3. The fourth-order valence-corrected chi connectivity index (χ4v) is 4.95. The van der Waals surface area contributed by atoms with Crippen LogP contribution in [0.2, 0.25) is 0 Å². The quantitative estimate of drug-likeness (QED) is 0.251. The van der Waals surface area contributed by atoms with Crippen molar-refractivity contribution in [3.8, 4) is 40.1 Å². The number of thiophene rings is 1. The summed E-state index contributed by atoms with van der Waals surface area (Å²) in [6.45, 7) is 1.14. The maximum atomic E-state index is 10.6. The Morgan fingerprint density at radius 1 is 1.15 bits per heavy atom. The number of aromatic nitrogens is 4. The second-order valence-electron chi connectivity index (χ2n) is 8.70. The van der Waals surface area contributed by atoms with Gasteiger partial charge in [-0.3, -0.25) is 9.78 Å². The summed E-state index contributed by atoms with van der Waals surface area (Å²) >= 11 is 1.64. The number of fused-ring (bicyclic) bond motifs is 3. The van der Waals surface area contributed by atoms with Gasteiger partial charge in [0.2, 0.25) is 0 Å². The van der Waals surface area contributed by atoms with Crippen molar-refractivity contribution in [2.45, 2.75) is 19.1 Å². The summed E-state index contributed by atoms with van der Waals surface area (Å²) in [5.41, 5.74) is 8.32. The molecule has 7 nitrogen and oxygen atoms in total. The highest BCUT2D eigenvalue weighted by molar-refractivity contribution is 7.11. The molecule has 2 aromatic carbocycles. The molecule has 0 saturated heterocycles. The van der Waals surface area contributed by atoms with Crippen molar-refractivity contribution in [2.24, 2.45) is 0 Å². The predicted molar refractivity (Wildman–Crippen MR) is 144 cm³/mol. The number of aliphatic carboxylic acids is 1. The molecule has 0 spiro atoms. The molecule has 0 saturated carbocycles. The number of alkyl halides is 3. The minimum Gasteiger partial charge on any atom is -0.481 e. The molecule has 202 valence electrons. The Hall–Kier alpha value is -4.82. The number of hydrogen-bond acceptors (Lipinski definition) is 5. The lowest BCUT2D eigenvalue weighted by Crippen LogP contribution is -2.21. The third kappa shape index (κ3) is 6.24. The van der Waals surface area contributed by atoms with Crippen LogP contribution in [0.4, 0.5) is 13.2 Å². The van der Waals surface area contributed by atoms with Gasteiger partial charge in [-0.05, 0) is 35.4 Å². The highest BCUT2D eigenvalue weighted by atomic mass is 32.1. The van der Waals surface area contributed by atoms with Crippen LogP contribution in [0.15, 0.2) is 78.4 Å². The summed E-state index contributed by atoms with van der Waals surface area (Å²) < 4.78 is 39.3. The molecule has 0 unspecified atom stereocenters. The van der Waals surface area contributed by atoms with E-state index in [1.807, 2.05) is 53.5 Å². The van der Waals surface area contributed by atoms with E-state index in [1.165, 1.54) is 22.3 Å². The first-order valence-corrected chi connectivity index (χ1v) is 12.9. The number of hydrogen-bond donors (Lipinski definition) is 2. The summed E-state index contributed by atoms with van der Waals surface area (Å²) in [6, 6.07) is 20.5. The van der Waals surface area contributed by atoms with Gasteiger partial charge in [-0.25, -0.2) is 4.79 Å². The lowest BCUT2D eigenvalue weighted by Gasteiger charge is -2.05. The molecule has 0 aliphatic heterocycles. The molecule has 11 heteroatoms. The van der Waals surface area contributed by atoms with Crippen molar-refractivity contribution in [3.05, 3.63) is 100 Å². The summed E-state index contributed by atoms with van der Waals surface area (Å²) in [4.78, 5) is 9.91. The molecule has 3 heterocycles. The number of benzene rings is 2. The first-order chi connectivity index (χ1) is 19.3. The Morgan fingerprint density at radius 2 is 1.95 bits per heavy atom. The highest BCUT2D eigenvalue weighted by Crippen LogP contribution is 2.41. The van der Waals surface area contributed by atoms with Crippen molar-refractivity contribution in [3.63, 3.8) is 0 Å². The monoisotopic (exact) mass is 562 g/mol. The van der Waals surface area contributed by atoms with Gasteiger partial charge in [0.15, 0.2) is 0 Å². The number of rotatable bonds is 5. The number of nitrogens with zero attached hydrogens (tertiary/aromatic N) is 3. The summed E-state index contributed by atoms with van der Waals surface area (Å²) in [6.07, 6.45) is -0.403. The van der Waals surface area contributed by atoms with E-state index in [2.05, 4.69) is 56.8 Å². The smallest absolute Gasteiger partial charge is 0.481 e. The third-order valence-electron chi connectivity index (χ3n) is 5.96. The van der Waals surface area contributed by atoms with Crippen LogP contribution in [0, 0.1) is 11.8 Å². The standard InChI is InChI=1S/C27H20N4OS.C2HF3O2/c1-2-6-22(7-3-1)32-13-4-8-23-15-21(18-33-23)26-25-16-20-14-19(17-31-12-5-11-28-31)9-10-24(20)27(25)30-29-26;3-2(4,5)1(6)7/h1-3,5-7,9-12,14-15,18H,13,16-17H2,(H,29,30);(H,6,7). The number of carboxylic acid groups (broad SMARTS) is 1. The summed E-state index contributed by atoms with van der Waals surface area (Å²) in [7, 11) is 0. The Morgan fingerprint density at radius 3 is 2.67 bits per heavy atom. The fourth-order valence-electron chi connectivity index (χ4n) is 4.19. The van der Waals surface area contributed by atoms with E-state index in [-0.39, 0.29) is 0 Å². The van der Waals surface area contributed by atoms with Gasteiger partial charge in [0, 0.05) is 40.9 Å². The van der Waals surface area contributed by atoms with Crippen LogP contribution in [-0.2, 0) is 17.8 Å². The van der Waals surface area contributed by atoms with Crippen molar-refractivity contribution in [1.29, 1.82) is 0 Å². The molecule has 0 fully saturated rings. The maximum absolute atomic E-state index is 10.6. The van der Waals surface area contributed by atoms with Crippen LogP contribution >= 0.6 is 11.3 Å². The summed E-state index contributed by atoms with van der Waals surface area (Å²) in [5.74, 6) is 4.38. The van der Waals surface area contributed by atoms with Gasteiger partial charge < -0.3 is 9.84 Å². The van der Waals surface area contributed by atoms with E-state index < -0.39 is 12.1 Å². The molecule has 2 N–H and O–H groups in total. The minimum atomic E-state index is -5.08. The molecular weight excluding hydrogens is 541 g/mol. The van der Waals surface area contributed by atoms with E-state index in [1.54, 1.807) is 11.3 Å². The Labute approximate surface area is 230 Å². The van der Waals surface area contributed by atoms with E-state index in [0.717, 1.165) is 40.5 Å². The zero-order valence-electron chi connectivity index (χ0n) is 20.8. The number of carbonyl (C=O) groups is 1. The van der Waals surface area contributed by atoms with Crippen molar-refractivity contribution >= 4 is 17.3 Å². The molecule has 1 aliphatic carbocycles. The molecule has 5 aromatic rings. The second-order valence-corrected chi connectivity index (χ2v) is 9.61. The largest absolute Gasteiger partial charge is 0.490 e. The van der Waals surface area contributed by atoms with Crippen molar-refractivity contribution < 1.29 is 27.8 Å². The molecule has 0 radical (unpaired) electrons. The average molecular weight is 563 g/mol. The van der Waals surface area contributed by atoms with Crippen LogP contribution in [-0.4, -0.2) is 43.8 Å². The number of carboxylic acids is 1. The minimum absolute atomic E-state index is 0.366. The Bertz CT molecular complexity index is 1680. The second kappa shape index (κ2) is 11.5. The predicted octanol–water partition coefficient (Wildman–Crippen LogP) is 6.02. The van der Waals surface area contributed by atoms with Crippen molar-refractivity contribution in [2.75, 3.05) is 6.61 Å². The van der Waals surface area contributed by atoms with Gasteiger partial charge in [-0.2, -0.15) is 23.4 Å². The molecule has 1 aliphatic rings. The van der Waals surface area contributed by atoms with Crippen LogP contribution < -0.4 is 4.74 Å². The summed E-state index contributed by atoms with van der Waals surface area (Å²) in [5, 5.41) is 21.5. The van der Waals surface area contributed by atoms with Crippen LogP contribution in [0.5, 0.6) is 5.75 Å². The van der Waals surface area contributed by atoms with Crippen LogP contribution in [0.3, 0.4) is 0 Å². The molecule has 3 aromatic heterocycles. The van der Waals surface area contributed by atoms with Crippen molar-refractivity contribution in [1.82, 2.24) is 20.0 Å². The number of aromatic amines is 1. The Balaban J connectivity index is 0.000000411. The van der Waals surface area contributed by atoms with Crippen LogP contribution in [0.25, 0.3) is 22.5 Å². The van der Waals surface area contributed by atoms with Gasteiger partial charge in [-0.15, -0.1) is 11.3 Å². The zero-order valence-corrected chi connectivity index (χ0v) is 21.6. The van der Waals surface area contributed by atoms with Gasteiger partial charge in [0.05, 0.1) is 22.8 Å². The lowest BCUT2D eigenvalue weighted by molar-refractivity contribution is -0.192. The molecule has 6 rings (SSSR count). The van der Waals surface area contributed by atoms with Gasteiger partial charge >= 0.3 is 12.1 Å². The number of nitrogens with one attached hydrogen (secondary N) is 1. The third-order valence-corrected chi connectivity index (χ3v) is 6.80. The van der Waals surface area contributed by atoms with Crippen LogP contribution in [0.1, 0.15) is 21.6 Å². The van der Waals surface area contributed by atoms with E-state index in [9.17, 15) is 13.2 Å². The topological polar surface area (TPSA) is 93.0 Å². The normalized spacial score (nSPS) is 11.5. The number of H-pyrrole nitrogens is 1. The number of ether oxygens (including phenoxy) is 1. The van der Waals surface area contributed by atoms with E-state index >= 15 is 0 Å². The van der Waals surface area contributed by atoms with Gasteiger partial charge in [0.25, 0.3) is 0 Å². The fraction of sp³-hybridized carbons (Fsp3) is 0.138. The SMILES string of the molecule is C(#Cc1cc(-c2n[nH]c3c2Cc2cc(Cn4cccn4)ccc2-3)cs1)COc1ccccc1.O=C(O)C(F)(F)F. The zero-order chi connectivity index (χ0) is 28.1. The van der Waals surface area contributed by atoms with Gasteiger partial charge in [0.1, 0.15) is 12.4 Å². The lowest BCUT2D eigenvalue weighted by atomic mass is 10.1. The maximum Gasteiger partial charge on any atom is 0.490 e. The van der Waals surface area contributed by atoms with E-state index in [4.69, 9.17) is 14.6 Å². The Kier molecular flexibility index (Phi) is 7.70. The first kappa shape index (κ1) is 26.8. The highest BCUT2D eigenvalue weighted by Gasteiger charge is 2.38.